The van der Waals surface area contributed by atoms with Gasteiger partial charge in [-0.1, -0.05) is 6.92 Å². The number of rotatable bonds is 3. The van der Waals surface area contributed by atoms with Crippen LogP contribution in [-0.4, -0.2) is 50.2 Å². The van der Waals surface area contributed by atoms with Crippen LogP contribution in [0.3, 0.4) is 0 Å². The van der Waals surface area contributed by atoms with Gasteiger partial charge in [-0.2, -0.15) is 0 Å². The van der Waals surface area contributed by atoms with Gasteiger partial charge in [0, 0.05) is 6.54 Å². The van der Waals surface area contributed by atoms with Gasteiger partial charge in [0.05, 0.1) is 13.7 Å². The summed E-state index contributed by atoms with van der Waals surface area (Å²) in [6, 6.07) is 0. The van der Waals surface area contributed by atoms with Gasteiger partial charge in [-0.25, -0.2) is 4.79 Å². The zero-order chi connectivity index (χ0) is 12.8. The Balaban J connectivity index is 2.37. The number of ether oxygens (including phenoxy) is 1. The van der Waals surface area contributed by atoms with Gasteiger partial charge in [-0.15, -0.1) is 0 Å². The number of carbonyl (C=O) groups excluding carboxylic acids is 2. The molecule has 2 amide bonds. The first-order valence-electron chi connectivity index (χ1n) is 5.87. The molecule has 3 N–H and O–H groups in total. The molecule has 0 aromatic rings. The van der Waals surface area contributed by atoms with E-state index >= 15 is 0 Å². The predicted molar refractivity (Wildman–Crippen MR) is 63.3 cm³/mol. The van der Waals surface area contributed by atoms with Crippen LogP contribution in [0, 0.1) is 11.8 Å². The monoisotopic (exact) mass is 243 g/mol. The van der Waals surface area contributed by atoms with E-state index in [1.807, 2.05) is 4.90 Å². The van der Waals surface area contributed by atoms with Gasteiger partial charge in [0.2, 0.25) is 5.91 Å². The molecule has 0 aliphatic carbocycles. The lowest BCUT2D eigenvalue weighted by Gasteiger charge is -2.35. The Labute approximate surface area is 101 Å². The minimum atomic E-state index is -0.712. The van der Waals surface area contributed by atoms with E-state index in [2.05, 4.69) is 17.0 Å². The van der Waals surface area contributed by atoms with Crippen molar-refractivity contribution in [3.8, 4) is 0 Å². The van der Waals surface area contributed by atoms with E-state index in [1.165, 1.54) is 7.11 Å². The van der Waals surface area contributed by atoms with Crippen LogP contribution >= 0.6 is 0 Å². The number of imide groups is 1. The standard InChI is InChI=1S/C11H21N3O3/c1-8-3-4-14(6-9(8)5-12)7-10(15)13-11(16)17-2/h8-9H,3-7,12H2,1-2H3,(H,13,15,16). The summed E-state index contributed by atoms with van der Waals surface area (Å²) in [7, 11) is 1.23. The molecule has 1 heterocycles. The summed E-state index contributed by atoms with van der Waals surface area (Å²) in [4.78, 5) is 24.3. The predicted octanol–water partition coefficient (Wildman–Crippen LogP) is -0.214. The summed E-state index contributed by atoms with van der Waals surface area (Å²) >= 11 is 0. The van der Waals surface area contributed by atoms with Crippen LogP contribution in [0.5, 0.6) is 0 Å². The summed E-state index contributed by atoms with van der Waals surface area (Å²) in [5.74, 6) is 0.691. The number of nitrogens with zero attached hydrogens (tertiary/aromatic N) is 1. The number of nitrogens with one attached hydrogen (secondary N) is 1. The number of likely N-dealkylation sites (tertiary alicyclic amines) is 1. The van der Waals surface area contributed by atoms with Crippen LogP contribution in [0.4, 0.5) is 4.79 Å². The average Bonchev–Trinajstić information content (AvgIpc) is 2.31. The number of methoxy groups -OCH3 is 1. The molecule has 98 valence electrons. The first-order chi connectivity index (χ1) is 8.06. The van der Waals surface area contributed by atoms with Crippen molar-refractivity contribution < 1.29 is 14.3 Å². The van der Waals surface area contributed by atoms with Crippen molar-refractivity contribution >= 4 is 12.0 Å². The number of nitrogens with two attached hydrogens (primary N) is 1. The highest BCUT2D eigenvalue weighted by Crippen LogP contribution is 2.21. The fourth-order valence-electron chi connectivity index (χ4n) is 2.08. The Morgan fingerprint density at radius 1 is 1.53 bits per heavy atom. The van der Waals surface area contributed by atoms with Crippen molar-refractivity contribution in [1.82, 2.24) is 10.2 Å². The Morgan fingerprint density at radius 3 is 2.82 bits per heavy atom. The molecule has 1 aliphatic rings. The molecule has 1 rings (SSSR count). The average molecular weight is 243 g/mol. The Hall–Kier alpha value is -1.14. The van der Waals surface area contributed by atoms with Gasteiger partial charge >= 0.3 is 6.09 Å². The molecule has 2 unspecified atom stereocenters. The number of hydrogen-bond donors (Lipinski definition) is 2. The third kappa shape index (κ3) is 4.32. The highest BCUT2D eigenvalue weighted by Gasteiger charge is 2.26. The molecule has 0 bridgehead atoms. The molecule has 1 saturated heterocycles. The normalized spacial score (nSPS) is 25.4. The van der Waals surface area contributed by atoms with Gasteiger partial charge in [0.15, 0.2) is 0 Å². The highest BCUT2D eigenvalue weighted by molar-refractivity contribution is 5.92. The van der Waals surface area contributed by atoms with Gasteiger partial charge in [-0.05, 0) is 31.3 Å². The molecule has 0 aromatic heterocycles. The minimum Gasteiger partial charge on any atom is -0.453 e. The maximum atomic E-state index is 11.5. The molecule has 0 aromatic carbocycles. The van der Waals surface area contributed by atoms with E-state index in [1.54, 1.807) is 0 Å². The maximum absolute atomic E-state index is 11.5. The topological polar surface area (TPSA) is 84.7 Å². The second-order valence-electron chi connectivity index (χ2n) is 4.54. The van der Waals surface area contributed by atoms with Crippen LogP contribution in [0.2, 0.25) is 0 Å². The molecule has 6 heteroatoms. The quantitative estimate of drug-likeness (QED) is 0.716. The third-order valence-electron chi connectivity index (χ3n) is 3.29. The lowest BCUT2D eigenvalue weighted by molar-refractivity contribution is -0.122. The lowest BCUT2D eigenvalue weighted by atomic mass is 9.87. The van der Waals surface area contributed by atoms with E-state index in [-0.39, 0.29) is 12.5 Å². The molecular formula is C11H21N3O3. The van der Waals surface area contributed by atoms with Crippen LogP contribution in [-0.2, 0) is 9.53 Å². The summed E-state index contributed by atoms with van der Waals surface area (Å²) in [6.45, 7) is 4.72. The van der Waals surface area contributed by atoms with Crippen molar-refractivity contribution in [2.24, 2.45) is 17.6 Å². The molecule has 0 spiro atoms. The minimum absolute atomic E-state index is 0.221. The molecule has 1 aliphatic heterocycles. The zero-order valence-electron chi connectivity index (χ0n) is 10.4. The maximum Gasteiger partial charge on any atom is 0.413 e. The number of amides is 2. The van der Waals surface area contributed by atoms with E-state index in [0.29, 0.717) is 18.4 Å². The zero-order valence-corrected chi connectivity index (χ0v) is 10.4. The van der Waals surface area contributed by atoms with Crippen LogP contribution in [0.15, 0.2) is 0 Å². The second-order valence-corrected chi connectivity index (χ2v) is 4.54. The van der Waals surface area contributed by atoms with Crippen molar-refractivity contribution in [1.29, 1.82) is 0 Å². The number of carbonyl (C=O) groups is 2. The number of piperidine rings is 1. The molecule has 6 nitrogen and oxygen atoms in total. The van der Waals surface area contributed by atoms with Gasteiger partial charge < -0.3 is 10.5 Å². The lowest BCUT2D eigenvalue weighted by Crippen LogP contribution is -2.47. The largest absolute Gasteiger partial charge is 0.453 e. The first-order valence-corrected chi connectivity index (χ1v) is 5.87. The van der Waals surface area contributed by atoms with Crippen molar-refractivity contribution in [3.63, 3.8) is 0 Å². The number of hydrogen-bond acceptors (Lipinski definition) is 5. The van der Waals surface area contributed by atoms with Gasteiger partial charge in [-0.3, -0.25) is 15.0 Å². The Morgan fingerprint density at radius 2 is 2.24 bits per heavy atom. The number of alkyl carbamates (subject to hydrolysis) is 1. The molecule has 0 radical (unpaired) electrons. The molecule has 17 heavy (non-hydrogen) atoms. The Bertz CT molecular complexity index is 283. The first kappa shape index (κ1) is 13.9. The van der Waals surface area contributed by atoms with E-state index in [0.717, 1.165) is 19.5 Å². The summed E-state index contributed by atoms with van der Waals surface area (Å²) < 4.78 is 4.36. The fraction of sp³-hybridized carbons (Fsp3) is 0.818. The molecular weight excluding hydrogens is 222 g/mol. The summed E-state index contributed by atoms with van der Waals surface area (Å²) in [5.41, 5.74) is 5.69. The van der Waals surface area contributed by atoms with Crippen molar-refractivity contribution in [2.75, 3.05) is 33.3 Å². The van der Waals surface area contributed by atoms with E-state index in [4.69, 9.17) is 5.73 Å². The van der Waals surface area contributed by atoms with E-state index in [9.17, 15) is 9.59 Å². The van der Waals surface area contributed by atoms with Crippen LogP contribution in [0.1, 0.15) is 13.3 Å². The van der Waals surface area contributed by atoms with Crippen LogP contribution in [0.25, 0.3) is 0 Å². The van der Waals surface area contributed by atoms with Crippen molar-refractivity contribution in [3.05, 3.63) is 0 Å². The molecule has 1 fully saturated rings. The second kappa shape index (κ2) is 6.56. The van der Waals surface area contributed by atoms with Gasteiger partial charge in [0.1, 0.15) is 0 Å². The Kier molecular flexibility index (Phi) is 5.37. The molecule has 0 saturated carbocycles. The van der Waals surface area contributed by atoms with Crippen LogP contribution < -0.4 is 11.1 Å². The summed E-state index contributed by atoms with van der Waals surface area (Å²) in [5, 5.41) is 2.15. The smallest absolute Gasteiger partial charge is 0.413 e. The summed E-state index contributed by atoms with van der Waals surface area (Å²) in [6.07, 6.45) is 0.323. The SMILES string of the molecule is COC(=O)NC(=O)CN1CCC(C)C(CN)C1. The van der Waals surface area contributed by atoms with Crippen molar-refractivity contribution in [2.45, 2.75) is 13.3 Å². The fourth-order valence-corrected chi connectivity index (χ4v) is 2.08. The van der Waals surface area contributed by atoms with Gasteiger partial charge in [0.25, 0.3) is 0 Å². The van der Waals surface area contributed by atoms with E-state index < -0.39 is 6.09 Å². The highest BCUT2D eigenvalue weighted by atomic mass is 16.5. The third-order valence-corrected chi connectivity index (χ3v) is 3.29. The molecule has 2 atom stereocenters.